The third-order valence-corrected chi connectivity index (χ3v) is 5.52. The summed E-state index contributed by atoms with van der Waals surface area (Å²) < 4.78 is 23.3. The first kappa shape index (κ1) is 16.2. The highest BCUT2D eigenvalue weighted by atomic mass is 35.5. The summed E-state index contributed by atoms with van der Waals surface area (Å²) >= 11 is 6.00. The summed E-state index contributed by atoms with van der Waals surface area (Å²) in [5.74, 6) is 1.19. The first-order chi connectivity index (χ1) is 9.86. The molecule has 1 atom stereocenters. The van der Waals surface area contributed by atoms with Gasteiger partial charge in [-0.15, -0.1) is 0 Å². The normalized spacial score (nSPS) is 21.3. The maximum Gasteiger partial charge on any atom is 0.231 e. The van der Waals surface area contributed by atoms with E-state index in [2.05, 4.69) is 15.0 Å². The van der Waals surface area contributed by atoms with Gasteiger partial charge in [0.25, 0.3) is 0 Å². The molecule has 1 aliphatic heterocycles. The lowest BCUT2D eigenvalue weighted by Gasteiger charge is -2.33. The van der Waals surface area contributed by atoms with Gasteiger partial charge < -0.3 is 9.80 Å². The fourth-order valence-corrected chi connectivity index (χ4v) is 4.11. The van der Waals surface area contributed by atoms with Crippen LogP contribution in [-0.4, -0.2) is 60.6 Å². The molecule has 2 rings (SSSR count). The van der Waals surface area contributed by atoms with Crippen LogP contribution in [0.15, 0.2) is 0 Å². The number of rotatable bonds is 4. The largest absolute Gasteiger partial charge is 0.341 e. The van der Waals surface area contributed by atoms with E-state index in [1.165, 1.54) is 0 Å². The molecule has 1 unspecified atom stereocenters. The quantitative estimate of drug-likeness (QED) is 0.813. The van der Waals surface area contributed by atoms with Crippen LogP contribution in [0.1, 0.15) is 20.8 Å². The van der Waals surface area contributed by atoms with Gasteiger partial charge in [-0.3, -0.25) is 0 Å². The van der Waals surface area contributed by atoms with Crippen molar-refractivity contribution in [3.63, 3.8) is 0 Å². The summed E-state index contributed by atoms with van der Waals surface area (Å²) in [6, 6.07) is -0.174. The number of aromatic nitrogens is 3. The highest BCUT2D eigenvalue weighted by Gasteiger charge is 2.30. The molecule has 118 valence electrons. The Hall–Kier alpha value is -1.15. The van der Waals surface area contributed by atoms with Crippen molar-refractivity contribution >= 4 is 33.3 Å². The number of hydrogen-bond acceptors (Lipinski definition) is 7. The molecule has 0 aromatic carbocycles. The van der Waals surface area contributed by atoms with Gasteiger partial charge in [-0.25, -0.2) is 8.42 Å². The molecule has 0 bridgehead atoms. The summed E-state index contributed by atoms with van der Waals surface area (Å²) in [5, 5.41) is 0.127. The molecule has 1 fully saturated rings. The van der Waals surface area contributed by atoms with Gasteiger partial charge in [-0.05, 0) is 32.4 Å². The van der Waals surface area contributed by atoms with E-state index in [1.54, 1.807) is 0 Å². The molecule has 2 heterocycles. The number of halogens is 1. The van der Waals surface area contributed by atoms with Crippen molar-refractivity contribution in [1.82, 2.24) is 15.0 Å². The van der Waals surface area contributed by atoms with Crippen molar-refractivity contribution < 1.29 is 8.42 Å². The lowest BCUT2D eigenvalue weighted by molar-refractivity contribution is 0.564. The molecule has 1 saturated heterocycles. The molecule has 1 aromatic rings. The third kappa shape index (κ3) is 3.74. The highest BCUT2D eigenvalue weighted by Crippen LogP contribution is 2.21. The minimum Gasteiger partial charge on any atom is -0.341 e. The van der Waals surface area contributed by atoms with E-state index >= 15 is 0 Å². The molecule has 9 heteroatoms. The Bertz CT molecular complexity index is 606. The molecule has 21 heavy (non-hydrogen) atoms. The van der Waals surface area contributed by atoms with Crippen LogP contribution in [0.3, 0.4) is 0 Å². The van der Waals surface area contributed by atoms with Crippen LogP contribution in [-0.2, 0) is 9.84 Å². The molecule has 7 nitrogen and oxygen atoms in total. The maximum atomic E-state index is 11.7. The van der Waals surface area contributed by atoms with Crippen LogP contribution in [0.2, 0.25) is 5.28 Å². The summed E-state index contributed by atoms with van der Waals surface area (Å²) in [6.45, 7) is 7.78. The van der Waals surface area contributed by atoms with Crippen LogP contribution >= 0.6 is 11.6 Å². The van der Waals surface area contributed by atoms with Crippen molar-refractivity contribution in [2.24, 2.45) is 0 Å². The molecule has 0 spiro atoms. The Morgan fingerprint density at radius 3 is 2.52 bits per heavy atom. The van der Waals surface area contributed by atoms with Crippen molar-refractivity contribution in [1.29, 1.82) is 0 Å². The highest BCUT2D eigenvalue weighted by molar-refractivity contribution is 7.91. The van der Waals surface area contributed by atoms with E-state index in [9.17, 15) is 8.42 Å². The Balaban J connectivity index is 2.32. The van der Waals surface area contributed by atoms with Gasteiger partial charge in [0, 0.05) is 25.7 Å². The van der Waals surface area contributed by atoms with Crippen LogP contribution in [0, 0.1) is 0 Å². The molecule has 0 radical (unpaired) electrons. The first-order valence-electron chi connectivity index (χ1n) is 7.00. The molecule has 0 aliphatic carbocycles. The number of hydrogen-bond donors (Lipinski definition) is 0. The maximum absolute atomic E-state index is 11.7. The van der Waals surface area contributed by atoms with Gasteiger partial charge in [0.05, 0.1) is 11.5 Å². The minimum absolute atomic E-state index is 0.108. The fourth-order valence-electron chi connectivity index (χ4n) is 2.40. The molecule has 0 amide bonds. The van der Waals surface area contributed by atoms with Gasteiger partial charge in [0.15, 0.2) is 9.84 Å². The van der Waals surface area contributed by atoms with Gasteiger partial charge in [-0.2, -0.15) is 15.0 Å². The standard InChI is InChI=1S/C12H20ClN5O2S/c1-4-17(5-2)11-14-10(13)15-12(16-11)18-6-7-21(19,20)8-9(18)3/h9H,4-8H2,1-3H3. The van der Waals surface area contributed by atoms with Crippen molar-refractivity contribution in [2.75, 3.05) is 40.9 Å². The monoisotopic (exact) mass is 333 g/mol. The third-order valence-electron chi connectivity index (χ3n) is 3.56. The molecule has 0 saturated carbocycles. The molecular weight excluding hydrogens is 314 g/mol. The van der Waals surface area contributed by atoms with Gasteiger partial charge >= 0.3 is 0 Å². The number of nitrogens with zero attached hydrogens (tertiary/aromatic N) is 5. The number of anilines is 2. The zero-order valence-corrected chi connectivity index (χ0v) is 14.0. The Morgan fingerprint density at radius 2 is 1.95 bits per heavy atom. The summed E-state index contributed by atoms with van der Waals surface area (Å²) in [6.07, 6.45) is 0. The van der Waals surface area contributed by atoms with Gasteiger partial charge in [0.2, 0.25) is 17.2 Å². The van der Waals surface area contributed by atoms with E-state index in [0.717, 1.165) is 13.1 Å². The van der Waals surface area contributed by atoms with E-state index < -0.39 is 9.84 Å². The second kappa shape index (κ2) is 6.31. The average molecular weight is 334 g/mol. The van der Waals surface area contributed by atoms with E-state index in [1.807, 2.05) is 30.6 Å². The number of sulfone groups is 1. The van der Waals surface area contributed by atoms with E-state index in [0.29, 0.717) is 18.4 Å². The van der Waals surface area contributed by atoms with Crippen LogP contribution in [0.25, 0.3) is 0 Å². The Labute approximate surface area is 130 Å². The molecule has 1 aliphatic rings. The van der Waals surface area contributed by atoms with E-state index in [-0.39, 0.29) is 22.8 Å². The Morgan fingerprint density at radius 1 is 1.29 bits per heavy atom. The smallest absolute Gasteiger partial charge is 0.231 e. The van der Waals surface area contributed by atoms with Gasteiger partial charge in [0.1, 0.15) is 0 Å². The second-order valence-corrected chi connectivity index (χ2v) is 7.60. The second-order valence-electron chi connectivity index (χ2n) is 5.03. The van der Waals surface area contributed by atoms with Gasteiger partial charge in [-0.1, -0.05) is 0 Å². The topological polar surface area (TPSA) is 79.3 Å². The molecular formula is C12H20ClN5O2S. The summed E-state index contributed by atoms with van der Waals surface area (Å²) in [5.41, 5.74) is 0. The Kier molecular flexibility index (Phi) is 4.88. The van der Waals surface area contributed by atoms with Crippen molar-refractivity contribution in [3.8, 4) is 0 Å². The average Bonchev–Trinajstić information content (AvgIpc) is 2.38. The molecule has 0 N–H and O–H groups in total. The minimum atomic E-state index is -2.98. The summed E-state index contributed by atoms with van der Waals surface area (Å²) in [4.78, 5) is 16.6. The lowest BCUT2D eigenvalue weighted by atomic mass is 10.3. The summed E-state index contributed by atoms with van der Waals surface area (Å²) in [7, 11) is -2.98. The van der Waals surface area contributed by atoms with Crippen LogP contribution < -0.4 is 9.80 Å². The SMILES string of the molecule is CCN(CC)c1nc(Cl)nc(N2CCS(=O)(=O)CC2C)n1. The van der Waals surface area contributed by atoms with Crippen molar-refractivity contribution in [2.45, 2.75) is 26.8 Å². The lowest BCUT2D eigenvalue weighted by Crippen LogP contribution is -2.48. The predicted octanol–water partition coefficient (Wildman–Crippen LogP) is 0.994. The molecule has 1 aromatic heterocycles. The predicted molar refractivity (Wildman–Crippen MR) is 83.9 cm³/mol. The first-order valence-corrected chi connectivity index (χ1v) is 9.19. The van der Waals surface area contributed by atoms with E-state index in [4.69, 9.17) is 11.6 Å². The van der Waals surface area contributed by atoms with Crippen molar-refractivity contribution in [3.05, 3.63) is 5.28 Å². The van der Waals surface area contributed by atoms with Crippen LogP contribution in [0.5, 0.6) is 0 Å². The van der Waals surface area contributed by atoms with Crippen LogP contribution in [0.4, 0.5) is 11.9 Å². The zero-order valence-electron chi connectivity index (χ0n) is 12.5. The zero-order chi connectivity index (χ0) is 15.6. The fraction of sp³-hybridized carbons (Fsp3) is 0.750.